The van der Waals surface area contributed by atoms with E-state index in [1.807, 2.05) is 4.98 Å². The summed E-state index contributed by atoms with van der Waals surface area (Å²) in [7, 11) is 0. The number of benzene rings is 1. The molecule has 0 atom stereocenters. The van der Waals surface area contributed by atoms with Crippen LogP contribution in [0.4, 0.5) is 5.69 Å². The number of anilines is 1. The summed E-state index contributed by atoms with van der Waals surface area (Å²) in [5.41, 5.74) is 1.06. The molecule has 0 amide bonds. The SMILES string of the molecule is N#Cc1cc(=O)[nH]c(=O)n1Nc1c(Cl)cc(Cl)cc1Cl. The van der Waals surface area contributed by atoms with Gasteiger partial charge in [-0.15, -0.1) is 0 Å². The van der Waals surface area contributed by atoms with Crippen molar-refractivity contribution in [2.45, 2.75) is 0 Å². The van der Waals surface area contributed by atoms with Crippen molar-refractivity contribution in [3.05, 3.63) is 59.8 Å². The van der Waals surface area contributed by atoms with Gasteiger partial charge in [0.15, 0.2) is 5.69 Å². The monoisotopic (exact) mass is 330 g/mol. The number of aromatic amines is 1. The molecule has 2 aromatic rings. The smallest absolute Gasteiger partial charge is 0.286 e. The van der Waals surface area contributed by atoms with Gasteiger partial charge in [-0.05, 0) is 12.1 Å². The molecule has 0 aliphatic rings. The van der Waals surface area contributed by atoms with Crippen molar-refractivity contribution in [1.29, 1.82) is 5.26 Å². The maximum absolute atomic E-state index is 11.7. The summed E-state index contributed by atoms with van der Waals surface area (Å²) in [6.07, 6.45) is 0. The van der Waals surface area contributed by atoms with Gasteiger partial charge in [0.05, 0.1) is 15.7 Å². The Kier molecular flexibility index (Phi) is 4.04. The number of hydrogen-bond acceptors (Lipinski definition) is 4. The normalized spacial score (nSPS) is 10.1. The van der Waals surface area contributed by atoms with Gasteiger partial charge in [-0.3, -0.25) is 15.2 Å². The van der Waals surface area contributed by atoms with Gasteiger partial charge in [-0.2, -0.15) is 9.94 Å². The first-order chi connectivity index (χ1) is 9.42. The van der Waals surface area contributed by atoms with Crippen molar-refractivity contribution in [2.24, 2.45) is 0 Å². The fraction of sp³-hybridized carbons (Fsp3) is 0. The molecule has 0 radical (unpaired) electrons. The minimum absolute atomic E-state index is 0.157. The number of hydrogen-bond donors (Lipinski definition) is 2. The lowest BCUT2D eigenvalue weighted by atomic mass is 10.3. The fourth-order valence-electron chi connectivity index (χ4n) is 1.45. The van der Waals surface area contributed by atoms with E-state index in [0.29, 0.717) is 5.02 Å². The van der Waals surface area contributed by atoms with E-state index >= 15 is 0 Å². The number of halogens is 3. The Bertz CT molecular complexity index is 812. The molecule has 102 valence electrons. The number of rotatable bonds is 2. The molecule has 9 heteroatoms. The van der Waals surface area contributed by atoms with Crippen LogP contribution in [0.25, 0.3) is 0 Å². The third kappa shape index (κ3) is 2.80. The molecule has 0 saturated heterocycles. The molecule has 0 aliphatic carbocycles. The second kappa shape index (κ2) is 5.59. The fourth-order valence-corrected chi connectivity index (χ4v) is 2.35. The van der Waals surface area contributed by atoms with Gasteiger partial charge in [0.25, 0.3) is 5.56 Å². The Morgan fingerprint density at radius 2 is 1.75 bits per heavy atom. The van der Waals surface area contributed by atoms with Gasteiger partial charge in [-0.1, -0.05) is 34.8 Å². The molecule has 1 aromatic heterocycles. The largest absolute Gasteiger partial charge is 0.348 e. The highest BCUT2D eigenvalue weighted by molar-refractivity contribution is 6.41. The lowest BCUT2D eigenvalue weighted by molar-refractivity contribution is 0.816. The number of nitrogens with zero attached hydrogens (tertiary/aromatic N) is 2. The minimum atomic E-state index is -0.823. The molecule has 0 spiro atoms. The van der Waals surface area contributed by atoms with Gasteiger partial charge < -0.3 is 0 Å². The van der Waals surface area contributed by atoms with Gasteiger partial charge in [-0.25, -0.2) is 4.79 Å². The lowest BCUT2D eigenvalue weighted by Crippen LogP contribution is -2.35. The Morgan fingerprint density at radius 3 is 2.30 bits per heavy atom. The standard InChI is InChI=1S/C11H5Cl3N4O2/c12-5-1-7(13)10(8(14)2-5)17-18-6(4-15)3-9(19)16-11(18)20/h1-3,17H,(H,16,19,20). The van der Waals surface area contributed by atoms with Crippen molar-refractivity contribution >= 4 is 40.5 Å². The van der Waals surface area contributed by atoms with Crippen molar-refractivity contribution < 1.29 is 0 Å². The molecule has 0 bridgehead atoms. The molecular formula is C11H5Cl3N4O2. The van der Waals surface area contributed by atoms with Crippen molar-refractivity contribution in [3.8, 4) is 6.07 Å². The van der Waals surface area contributed by atoms with Crippen molar-refractivity contribution in [1.82, 2.24) is 9.66 Å². The van der Waals surface area contributed by atoms with E-state index in [0.717, 1.165) is 10.7 Å². The Labute approximate surface area is 127 Å². The molecule has 2 N–H and O–H groups in total. The topological polar surface area (TPSA) is 90.7 Å². The first-order valence-corrected chi connectivity index (χ1v) is 6.24. The van der Waals surface area contributed by atoms with E-state index < -0.39 is 11.2 Å². The van der Waals surface area contributed by atoms with E-state index in [4.69, 9.17) is 40.1 Å². The Morgan fingerprint density at radius 1 is 1.15 bits per heavy atom. The summed E-state index contributed by atoms with van der Waals surface area (Å²) in [5.74, 6) is 0. The van der Waals surface area contributed by atoms with Crippen LogP contribution in [-0.4, -0.2) is 9.66 Å². The van der Waals surface area contributed by atoms with Crippen LogP contribution in [-0.2, 0) is 0 Å². The molecule has 0 unspecified atom stereocenters. The van der Waals surface area contributed by atoms with Crippen LogP contribution in [0.15, 0.2) is 27.8 Å². The van der Waals surface area contributed by atoms with Crippen LogP contribution >= 0.6 is 34.8 Å². The van der Waals surface area contributed by atoms with Crippen molar-refractivity contribution in [2.75, 3.05) is 5.43 Å². The van der Waals surface area contributed by atoms with Gasteiger partial charge in [0.1, 0.15) is 6.07 Å². The third-order valence-corrected chi connectivity index (χ3v) is 3.10. The summed E-state index contributed by atoms with van der Waals surface area (Å²) >= 11 is 17.7. The molecule has 6 nitrogen and oxygen atoms in total. The molecular weight excluding hydrogens is 327 g/mol. The molecule has 0 fully saturated rings. The predicted octanol–water partition coefficient (Wildman–Crippen LogP) is 2.24. The lowest BCUT2D eigenvalue weighted by Gasteiger charge is -2.13. The van der Waals surface area contributed by atoms with Crippen LogP contribution in [0.3, 0.4) is 0 Å². The molecule has 1 aromatic carbocycles. The first kappa shape index (κ1) is 14.5. The van der Waals surface area contributed by atoms with Gasteiger partial charge in [0.2, 0.25) is 0 Å². The zero-order chi connectivity index (χ0) is 14.9. The average molecular weight is 332 g/mol. The van der Waals surface area contributed by atoms with E-state index in [-0.39, 0.29) is 21.4 Å². The minimum Gasteiger partial charge on any atom is -0.286 e. The summed E-state index contributed by atoms with van der Waals surface area (Å²) in [4.78, 5) is 24.8. The Hall–Kier alpha value is -1.94. The summed E-state index contributed by atoms with van der Waals surface area (Å²) in [6.45, 7) is 0. The number of H-pyrrole nitrogens is 1. The summed E-state index contributed by atoms with van der Waals surface area (Å²) < 4.78 is 0.822. The molecule has 1 heterocycles. The highest BCUT2D eigenvalue weighted by Gasteiger charge is 2.11. The maximum Gasteiger partial charge on any atom is 0.348 e. The van der Waals surface area contributed by atoms with E-state index in [9.17, 15) is 9.59 Å². The quantitative estimate of drug-likeness (QED) is 0.883. The van der Waals surface area contributed by atoms with E-state index in [1.54, 1.807) is 6.07 Å². The highest BCUT2D eigenvalue weighted by atomic mass is 35.5. The number of nitriles is 1. The first-order valence-electron chi connectivity index (χ1n) is 5.10. The zero-order valence-electron chi connectivity index (χ0n) is 9.58. The number of nitrogens with one attached hydrogen (secondary N) is 2. The van der Waals surface area contributed by atoms with E-state index in [2.05, 4.69) is 5.43 Å². The summed E-state index contributed by atoms with van der Waals surface area (Å²) in [5, 5.41) is 9.57. The average Bonchev–Trinajstić information content (AvgIpc) is 2.34. The van der Waals surface area contributed by atoms with Crippen LogP contribution in [0, 0.1) is 11.3 Å². The van der Waals surface area contributed by atoms with Crippen LogP contribution < -0.4 is 16.7 Å². The van der Waals surface area contributed by atoms with Gasteiger partial charge in [0, 0.05) is 11.1 Å². The number of aromatic nitrogens is 2. The molecule has 0 aliphatic heterocycles. The van der Waals surface area contributed by atoms with E-state index in [1.165, 1.54) is 12.1 Å². The summed E-state index contributed by atoms with van der Waals surface area (Å²) in [6, 6.07) is 5.51. The van der Waals surface area contributed by atoms with Crippen LogP contribution in [0.1, 0.15) is 5.69 Å². The second-order valence-electron chi connectivity index (χ2n) is 3.63. The second-order valence-corrected chi connectivity index (χ2v) is 4.88. The van der Waals surface area contributed by atoms with Crippen molar-refractivity contribution in [3.63, 3.8) is 0 Å². The van der Waals surface area contributed by atoms with Crippen LogP contribution in [0.5, 0.6) is 0 Å². The third-order valence-electron chi connectivity index (χ3n) is 2.29. The predicted molar refractivity (Wildman–Crippen MR) is 76.5 cm³/mol. The van der Waals surface area contributed by atoms with Crippen LogP contribution in [0.2, 0.25) is 15.1 Å². The van der Waals surface area contributed by atoms with Gasteiger partial charge >= 0.3 is 5.69 Å². The zero-order valence-corrected chi connectivity index (χ0v) is 11.8. The maximum atomic E-state index is 11.7. The Balaban J connectivity index is 2.60. The molecule has 0 saturated carbocycles. The highest BCUT2D eigenvalue weighted by Crippen LogP contribution is 2.33. The molecule has 20 heavy (non-hydrogen) atoms. The molecule has 2 rings (SSSR count).